The van der Waals surface area contributed by atoms with Crippen molar-refractivity contribution < 1.29 is 18.3 Å². The van der Waals surface area contributed by atoms with Crippen LogP contribution in [0.25, 0.3) is 10.1 Å². The van der Waals surface area contributed by atoms with E-state index in [0.717, 1.165) is 21.0 Å². The summed E-state index contributed by atoms with van der Waals surface area (Å²) in [5, 5.41) is 3.05. The molecule has 0 amide bonds. The van der Waals surface area contributed by atoms with Crippen molar-refractivity contribution in [1.82, 2.24) is 0 Å². The van der Waals surface area contributed by atoms with Crippen molar-refractivity contribution in [2.24, 2.45) is 0 Å². The van der Waals surface area contributed by atoms with Gasteiger partial charge in [-0.2, -0.15) is 0 Å². The Morgan fingerprint density at radius 3 is 2.83 bits per heavy atom. The number of ether oxygens (including phenoxy) is 1. The van der Waals surface area contributed by atoms with Crippen LogP contribution in [-0.4, -0.2) is 13.1 Å². The summed E-state index contributed by atoms with van der Waals surface area (Å²) >= 11 is 2.98. The van der Waals surface area contributed by atoms with E-state index < -0.39 is 17.6 Å². The van der Waals surface area contributed by atoms with E-state index in [-0.39, 0.29) is 16.9 Å². The van der Waals surface area contributed by atoms with Crippen LogP contribution in [-0.2, 0) is 10.5 Å². The summed E-state index contributed by atoms with van der Waals surface area (Å²) < 4.78 is 33.4. The molecular formula is C17H12F2O2S2. The average Bonchev–Trinajstić information content (AvgIpc) is 3.04. The summed E-state index contributed by atoms with van der Waals surface area (Å²) in [6.07, 6.45) is 0. The van der Waals surface area contributed by atoms with Gasteiger partial charge in [0.15, 0.2) is 11.6 Å². The number of esters is 1. The summed E-state index contributed by atoms with van der Waals surface area (Å²) in [6.45, 7) is 0. The van der Waals surface area contributed by atoms with E-state index in [4.69, 9.17) is 0 Å². The lowest BCUT2D eigenvalue weighted by molar-refractivity contribution is 0.0599. The van der Waals surface area contributed by atoms with Gasteiger partial charge < -0.3 is 4.74 Å². The van der Waals surface area contributed by atoms with E-state index in [2.05, 4.69) is 4.74 Å². The van der Waals surface area contributed by atoms with Crippen molar-refractivity contribution in [2.45, 2.75) is 10.6 Å². The van der Waals surface area contributed by atoms with E-state index >= 15 is 0 Å². The van der Waals surface area contributed by atoms with Gasteiger partial charge in [-0.3, -0.25) is 0 Å². The Morgan fingerprint density at radius 1 is 1.22 bits per heavy atom. The van der Waals surface area contributed by atoms with Crippen LogP contribution in [0.1, 0.15) is 15.9 Å². The molecule has 0 aliphatic heterocycles. The number of hydrogen-bond donors (Lipinski definition) is 0. The molecule has 23 heavy (non-hydrogen) atoms. The molecule has 0 fully saturated rings. The molecule has 6 heteroatoms. The molecule has 1 aromatic heterocycles. The van der Waals surface area contributed by atoms with Gasteiger partial charge in [-0.05, 0) is 35.7 Å². The highest BCUT2D eigenvalue weighted by molar-refractivity contribution is 7.98. The van der Waals surface area contributed by atoms with E-state index in [9.17, 15) is 13.6 Å². The van der Waals surface area contributed by atoms with Crippen molar-refractivity contribution in [1.29, 1.82) is 0 Å². The van der Waals surface area contributed by atoms with Gasteiger partial charge in [0, 0.05) is 26.3 Å². The van der Waals surface area contributed by atoms with Crippen LogP contribution in [0, 0.1) is 11.6 Å². The lowest BCUT2D eigenvalue weighted by Crippen LogP contribution is -2.08. The van der Waals surface area contributed by atoms with Crippen molar-refractivity contribution in [3.05, 3.63) is 64.5 Å². The summed E-state index contributed by atoms with van der Waals surface area (Å²) in [4.78, 5) is 12.7. The van der Waals surface area contributed by atoms with Gasteiger partial charge in [-0.1, -0.05) is 6.07 Å². The van der Waals surface area contributed by atoms with Crippen LogP contribution in [0.2, 0.25) is 0 Å². The molecule has 0 aliphatic rings. The summed E-state index contributed by atoms with van der Waals surface area (Å²) in [7, 11) is 1.21. The summed E-state index contributed by atoms with van der Waals surface area (Å²) in [6, 6.07) is 10.0. The zero-order valence-electron chi connectivity index (χ0n) is 12.1. The fraction of sp³-hybridized carbons (Fsp3) is 0.118. The highest BCUT2D eigenvalue weighted by atomic mass is 32.2. The Hall–Kier alpha value is -1.92. The number of halogens is 2. The molecule has 3 aromatic rings. The number of rotatable bonds is 4. The molecule has 0 radical (unpaired) electrons. The van der Waals surface area contributed by atoms with Crippen molar-refractivity contribution in [2.75, 3.05) is 7.11 Å². The maximum absolute atomic E-state index is 14.1. The smallest absolute Gasteiger partial charge is 0.338 e. The van der Waals surface area contributed by atoms with Crippen LogP contribution in [0.15, 0.2) is 46.7 Å². The van der Waals surface area contributed by atoms with Gasteiger partial charge in [0.25, 0.3) is 0 Å². The zero-order chi connectivity index (χ0) is 16.4. The molecule has 0 unspecified atom stereocenters. The monoisotopic (exact) mass is 350 g/mol. The van der Waals surface area contributed by atoms with Gasteiger partial charge in [0.1, 0.15) is 0 Å². The molecule has 0 spiro atoms. The summed E-state index contributed by atoms with van der Waals surface area (Å²) in [5.74, 6) is -2.50. The second-order valence-corrected chi connectivity index (χ2v) is 6.72. The SMILES string of the molecule is COC(=O)c1ccc(F)c(F)c1CSc1cccc2sccc12. The second-order valence-electron chi connectivity index (χ2n) is 4.76. The Labute approximate surface area is 140 Å². The van der Waals surface area contributed by atoms with E-state index in [0.29, 0.717) is 0 Å². The molecule has 0 aliphatic carbocycles. The quantitative estimate of drug-likeness (QED) is 0.474. The summed E-state index contributed by atoms with van der Waals surface area (Å²) in [5.41, 5.74) is 0.0745. The predicted octanol–water partition coefficient (Wildman–Crippen LogP) is 5.26. The number of thioether (sulfide) groups is 1. The van der Waals surface area contributed by atoms with Gasteiger partial charge in [-0.25, -0.2) is 13.6 Å². The third-order valence-corrected chi connectivity index (χ3v) is 5.41. The lowest BCUT2D eigenvalue weighted by Gasteiger charge is -2.10. The average molecular weight is 350 g/mol. The highest BCUT2D eigenvalue weighted by Gasteiger charge is 2.19. The second kappa shape index (κ2) is 6.68. The molecule has 0 N–H and O–H groups in total. The maximum Gasteiger partial charge on any atom is 0.338 e. The molecule has 2 nitrogen and oxygen atoms in total. The van der Waals surface area contributed by atoms with E-state index in [1.165, 1.54) is 24.9 Å². The van der Waals surface area contributed by atoms with Gasteiger partial charge in [-0.15, -0.1) is 23.1 Å². The lowest BCUT2D eigenvalue weighted by atomic mass is 10.1. The highest BCUT2D eigenvalue weighted by Crippen LogP contribution is 2.34. The first-order valence-corrected chi connectivity index (χ1v) is 8.62. The largest absolute Gasteiger partial charge is 0.465 e. The Bertz CT molecular complexity index is 874. The first kappa shape index (κ1) is 16.0. The number of methoxy groups -OCH3 is 1. The molecule has 2 aromatic carbocycles. The van der Waals surface area contributed by atoms with Crippen LogP contribution in [0.4, 0.5) is 8.78 Å². The van der Waals surface area contributed by atoms with Gasteiger partial charge in [0.05, 0.1) is 12.7 Å². The first-order valence-electron chi connectivity index (χ1n) is 6.76. The van der Waals surface area contributed by atoms with Crippen LogP contribution in [0.5, 0.6) is 0 Å². The fourth-order valence-electron chi connectivity index (χ4n) is 2.28. The minimum absolute atomic E-state index is 0.0223. The third-order valence-electron chi connectivity index (χ3n) is 3.43. The number of hydrogen-bond acceptors (Lipinski definition) is 4. The normalized spacial score (nSPS) is 10.9. The topological polar surface area (TPSA) is 26.3 Å². The van der Waals surface area contributed by atoms with E-state index in [1.807, 2.05) is 29.6 Å². The fourth-order valence-corrected chi connectivity index (χ4v) is 4.24. The number of carbonyl (C=O) groups is 1. The minimum atomic E-state index is -1.00. The minimum Gasteiger partial charge on any atom is -0.465 e. The Morgan fingerprint density at radius 2 is 2.04 bits per heavy atom. The molecule has 0 saturated carbocycles. The van der Waals surface area contributed by atoms with Gasteiger partial charge in [0.2, 0.25) is 0 Å². The van der Waals surface area contributed by atoms with Crippen LogP contribution < -0.4 is 0 Å². The van der Waals surface area contributed by atoms with Crippen molar-refractivity contribution in [3.8, 4) is 0 Å². The molecule has 1 heterocycles. The van der Waals surface area contributed by atoms with Crippen molar-refractivity contribution in [3.63, 3.8) is 0 Å². The van der Waals surface area contributed by atoms with Crippen LogP contribution in [0.3, 0.4) is 0 Å². The number of benzene rings is 2. The first-order chi connectivity index (χ1) is 11.1. The predicted molar refractivity (Wildman–Crippen MR) is 89.1 cm³/mol. The standard InChI is InChI=1S/C17H12F2O2S2/c1-21-17(20)10-5-6-13(18)16(19)12(10)9-23-15-4-2-3-14-11(15)7-8-22-14/h2-8H,9H2,1H3. The molecule has 0 saturated heterocycles. The number of fused-ring (bicyclic) bond motifs is 1. The van der Waals surface area contributed by atoms with E-state index in [1.54, 1.807) is 11.3 Å². The molecule has 0 bridgehead atoms. The number of carbonyl (C=O) groups excluding carboxylic acids is 1. The molecular weight excluding hydrogens is 338 g/mol. The van der Waals surface area contributed by atoms with Crippen LogP contribution >= 0.6 is 23.1 Å². The maximum atomic E-state index is 14.1. The van der Waals surface area contributed by atoms with Crippen molar-refractivity contribution >= 4 is 39.2 Å². The molecule has 118 valence electrons. The molecule has 0 atom stereocenters. The Kier molecular flexibility index (Phi) is 4.63. The zero-order valence-corrected chi connectivity index (χ0v) is 13.8. The Balaban J connectivity index is 1.95. The van der Waals surface area contributed by atoms with Gasteiger partial charge >= 0.3 is 5.97 Å². The number of thiophene rings is 1. The molecule has 3 rings (SSSR count). The third kappa shape index (κ3) is 3.09.